The van der Waals surface area contributed by atoms with Gasteiger partial charge in [-0.05, 0) is 38.4 Å². The molecule has 0 saturated carbocycles. The van der Waals surface area contributed by atoms with E-state index in [1.54, 1.807) is 0 Å². The molecule has 0 atom stereocenters. The molecule has 3 heteroatoms. The van der Waals surface area contributed by atoms with E-state index in [9.17, 15) is 0 Å². The predicted octanol–water partition coefficient (Wildman–Crippen LogP) is 1.77. The van der Waals surface area contributed by atoms with Gasteiger partial charge >= 0.3 is 0 Å². The molecule has 1 aromatic rings. The molecule has 1 saturated heterocycles. The van der Waals surface area contributed by atoms with Gasteiger partial charge in [0.15, 0.2) is 0 Å². The Morgan fingerprint density at radius 2 is 1.89 bits per heavy atom. The van der Waals surface area contributed by atoms with Crippen LogP contribution in [0.25, 0.3) is 0 Å². The number of nitrogens with zero attached hydrogens (tertiary/aromatic N) is 1. The maximum atomic E-state index is 3.62. The Labute approximate surface area is 111 Å². The zero-order valence-corrected chi connectivity index (χ0v) is 11.6. The van der Waals surface area contributed by atoms with Crippen molar-refractivity contribution in [3.8, 4) is 0 Å². The van der Waals surface area contributed by atoms with Crippen molar-refractivity contribution in [2.24, 2.45) is 0 Å². The maximum Gasteiger partial charge on any atom is 0.0395 e. The summed E-state index contributed by atoms with van der Waals surface area (Å²) in [6.07, 6.45) is 2.50. The predicted molar refractivity (Wildman–Crippen MR) is 78.3 cm³/mol. The second-order valence-electron chi connectivity index (χ2n) is 5.11. The maximum absolute atomic E-state index is 3.62. The van der Waals surface area contributed by atoms with Crippen molar-refractivity contribution in [3.05, 3.63) is 29.8 Å². The fraction of sp³-hybridized carbons (Fsp3) is 0.600. The van der Waals surface area contributed by atoms with E-state index in [-0.39, 0.29) is 0 Å². The summed E-state index contributed by atoms with van der Waals surface area (Å²) in [7, 11) is 2.00. The highest BCUT2D eigenvalue weighted by Crippen LogP contribution is 2.23. The molecule has 0 unspecified atom stereocenters. The van der Waals surface area contributed by atoms with Crippen LogP contribution < -0.4 is 15.5 Å². The number of nitrogens with one attached hydrogen (secondary N) is 2. The van der Waals surface area contributed by atoms with E-state index in [4.69, 9.17) is 0 Å². The molecule has 0 aromatic heterocycles. The molecule has 1 heterocycles. The van der Waals surface area contributed by atoms with Gasteiger partial charge in [0.1, 0.15) is 0 Å². The first-order valence-corrected chi connectivity index (χ1v) is 7.00. The summed E-state index contributed by atoms with van der Waals surface area (Å²) in [6, 6.07) is 9.39. The quantitative estimate of drug-likeness (QED) is 0.777. The number of hydrogen-bond acceptors (Lipinski definition) is 3. The highest BCUT2D eigenvalue weighted by atomic mass is 15.1. The van der Waals surface area contributed by atoms with Gasteiger partial charge in [-0.3, -0.25) is 0 Å². The Balaban J connectivity index is 1.81. The number of piperidine rings is 1. The van der Waals surface area contributed by atoms with Gasteiger partial charge in [0.25, 0.3) is 0 Å². The molecule has 1 aromatic carbocycles. The fourth-order valence-electron chi connectivity index (χ4n) is 2.64. The minimum absolute atomic E-state index is 0.693. The van der Waals surface area contributed by atoms with E-state index in [2.05, 4.69) is 46.7 Å². The highest BCUT2D eigenvalue weighted by molar-refractivity contribution is 5.53. The SMILES string of the molecule is CNCCNC1CCN(c2ccccc2C)CC1. The molecule has 2 rings (SSSR count). The third kappa shape index (κ3) is 3.47. The molecule has 1 aliphatic heterocycles. The van der Waals surface area contributed by atoms with Crippen molar-refractivity contribution < 1.29 is 0 Å². The summed E-state index contributed by atoms with van der Waals surface area (Å²) in [5.41, 5.74) is 2.80. The van der Waals surface area contributed by atoms with Crippen molar-refractivity contribution in [3.63, 3.8) is 0 Å². The van der Waals surface area contributed by atoms with Crippen molar-refractivity contribution in [2.75, 3.05) is 38.1 Å². The lowest BCUT2D eigenvalue weighted by molar-refractivity contribution is 0.415. The fourth-order valence-corrected chi connectivity index (χ4v) is 2.64. The topological polar surface area (TPSA) is 27.3 Å². The monoisotopic (exact) mass is 247 g/mol. The number of anilines is 1. The normalized spacial score (nSPS) is 17.1. The van der Waals surface area contributed by atoms with Crippen LogP contribution in [-0.2, 0) is 0 Å². The van der Waals surface area contributed by atoms with Crippen LogP contribution in [0.1, 0.15) is 18.4 Å². The number of hydrogen-bond donors (Lipinski definition) is 2. The number of para-hydroxylation sites is 1. The smallest absolute Gasteiger partial charge is 0.0395 e. The van der Waals surface area contributed by atoms with Crippen LogP contribution in [0.2, 0.25) is 0 Å². The van der Waals surface area contributed by atoms with Gasteiger partial charge in [0, 0.05) is 37.9 Å². The van der Waals surface area contributed by atoms with Gasteiger partial charge in [-0.15, -0.1) is 0 Å². The van der Waals surface area contributed by atoms with Crippen LogP contribution in [0.3, 0.4) is 0 Å². The Bertz CT molecular complexity index is 357. The van der Waals surface area contributed by atoms with Gasteiger partial charge in [-0.1, -0.05) is 18.2 Å². The Morgan fingerprint density at radius 3 is 2.56 bits per heavy atom. The molecule has 1 aliphatic rings. The summed E-state index contributed by atoms with van der Waals surface area (Å²) in [5, 5.41) is 6.80. The largest absolute Gasteiger partial charge is 0.371 e. The molecule has 3 nitrogen and oxygen atoms in total. The highest BCUT2D eigenvalue weighted by Gasteiger charge is 2.19. The molecule has 18 heavy (non-hydrogen) atoms. The molecule has 0 amide bonds. The van der Waals surface area contributed by atoms with Crippen molar-refractivity contribution in [1.82, 2.24) is 10.6 Å². The van der Waals surface area contributed by atoms with E-state index in [0.29, 0.717) is 6.04 Å². The van der Waals surface area contributed by atoms with E-state index in [1.807, 2.05) is 7.05 Å². The summed E-state index contributed by atoms with van der Waals surface area (Å²) < 4.78 is 0. The first-order valence-electron chi connectivity index (χ1n) is 7.00. The summed E-state index contributed by atoms with van der Waals surface area (Å²) in [4.78, 5) is 2.52. The average Bonchev–Trinajstić information content (AvgIpc) is 2.41. The lowest BCUT2D eigenvalue weighted by atomic mass is 10.0. The van der Waals surface area contributed by atoms with E-state index >= 15 is 0 Å². The zero-order valence-electron chi connectivity index (χ0n) is 11.6. The number of likely N-dealkylation sites (N-methyl/N-ethyl adjacent to an activating group) is 1. The Morgan fingerprint density at radius 1 is 1.17 bits per heavy atom. The molecule has 0 radical (unpaired) electrons. The van der Waals surface area contributed by atoms with Gasteiger partial charge in [-0.25, -0.2) is 0 Å². The van der Waals surface area contributed by atoms with Crippen molar-refractivity contribution in [1.29, 1.82) is 0 Å². The van der Waals surface area contributed by atoms with Crippen LogP contribution in [0.4, 0.5) is 5.69 Å². The minimum Gasteiger partial charge on any atom is -0.371 e. The molecule has 0 bridgehead atoms. The molecule has 1 fully saturated rings. The number of rotatable bonds is 5. The first-order chi connectivity index (χ1) is 8.81. The molecule has 2 N–H and O–H groups in total. The van der Waals surface area contributed by atoms with Gasteiger partial charge in [-0.2, -0.15) is 0 Å². The second kappa shape index (κ2) is 6.76. The lowest BCUT2D eigenvalue weighted by Gasteiger charge is -2.35. The van der Waals surface area contributed by atoms with Crippen molar-refractivity contribution in [2.45, 2.75) is 25.8 Å². The van der Waals surface area contributed by atoms with E-state index < -0.39 is 0 Å². The van der Waals surface area contributed by atoms with Gasteiger partial charge < -0.3 is 15.5 Å². The van der Waals surface area contributed by atoms with Crippen molar-refractivity contribution >= 4 is 5.69 Å². The third-order valence-electron chi connectivity index (χ3n) is 3.76. The number of benzene rings is 1. The standard InChI is InChI=1S/C15H25N3/c1-13-5-3-4-6-15(13)18-11-7-14(8-12-18)17-10-9-16-2/h3-6,14,16-17H,7-12H2,1-2H3. The Kier molecular flexibility index (Phi) is 5.02. The van der Waals surface area contributed by atoms with Crippen LogP contribution in [-0.4, -0.2) is 39.3 Å². The summed E-state index contributed by atoms with van der Waals surface area (Å²) in [6.45, 7) is 6.67. The van der Waals surface area contributed by atoms with E-state index in [0.717, 1.165) is 13.1 Å². The molecular formula is C15H25N3. The van der Waals surface area contributed by atoms with Crippen LogP contribution in [0.5, 0.6) is 0 Å². The lowest BCUT2D eigenvalue weighted by Crippen LogP contribution is -2.44. The van der Waals surface area contributed by atoms with Crippen LogP contribution in [0.15, 0.2) is 24.3 Å². The van der Waals surface area contributed by atoms with Crippen LogP contribution >= 0.6 is 0 Å². The molecule has 0 spiro atoms. The molecular weight excluding hydrogens is 222 g/mol. The van der Waals surface area contributed by atoms with Gasteiger partial charge in [0.05, 0.1) is 0 Å². The summed E-state index contributed by atoms with van der Waals surface area (Å²) in [5.74, 6) is 0. The average molecular weight is 247 g/mol. The Hall–Kier alpha value is -1.06. The zero-order chi connectivity index (χ0) is 12.8. The molecule has 100 valence electrons. The number of aryl methyl sites for hydroxylation is 1. The molecule has 0 aliphatic carbocycles. The third-order valence-corrected chi connectivity index (χ3v) is 3.76. The second-order valence-corrected chi connectivity index (χ2v) is 5.11. The van der Waals surface area contributed by atoms with Crippen LogP contribution in [0, 0.1) is 6.92 Å². The summed E-state index contributed by atoms with van der Waals surface area (Å²) >= 11 is 0. The first kappa shape index (κ1) is 13.4. The van der Waals surface area contributed by atoms with Gasteiger partial charge in [0.2, 0.25) is 0 Å². The minimum atomic E-state index is 0.693. The van der Waals surface area contributed by atoms with E-state index in [1.165, 1.54) is 37.2 Å².